The topological polar surface area (TPSA) is 29.5 Å². The molecule has 1 N–H and O–H groups in total. The molecular weight excluding hydrogens is 280 g/mol. The number of ether oxygens (including phenoxy) is 1. The molecule has 1 saturated carbocycles. The molecule has 0 heterocycles. The van der Waals surface area contributed by atoms with Crippen molar-refractivity contribution in [2.45, 2.75) is 32.3 Å². The maximum absolute atomic E-state index is 9.78. The first-order valence-electron chi connectivity index (χ1n) is 6.12. The molecule has 1 aliphatic rings. The van der Waals surface area contributed by atoms with Crippen molar-refractivity contribution in [2.75, 3.05) is 7.11 Å². The second kappa shape index (κ2) is 5.40. The quantitative estimate of drug-likeness (QED) is 0.927. The van der Waals surface area contributed by atoms with Gasteiger partial charge in [0.1, 0.15) is 5.75 Å². The summed E-state index contributed by atoms with van der Waals surface area (Å²) in [5, 5.41) is 9.78. The van der Waals surface area contributed by atoms with E-state index in [1.54, 1.807) is 7.11 Å². The van der Waals surface area contributed by atoms with Gasteiger partial charge in [-0.15, -0.1) is 0 Å². The first-order chi connectivity index (χ1) is 8.11. The molecule has 0 spiro atoms. The Morgan fingerprint density at radius 3 is 2.76 bits per heavy atom. The lowest BCUT2D eigenvalue weighted by Gasteiger charge is -2.18. The Labute approximate surface area is 111 Å². The van der Waals surface area contributed by atoms with Crippen LogP contribution in [0.3, 0.4) is 0 Å². The van der Waals surface area contributed by atoms with Crippen LogP contribution in [0, 0.1) is 11.8 Å². The van der Waals surface area contributed by atoms with Gasteiger partial charge in [-0.1, -0.05) is 22.9 Å². The molecule has 0 aromatic heterocycles. The molecule has 0 aliphatic heterocycles. The standard InChI is InChI=1S/C14H19BrO2/c1-9-10(3-6-14(9)16)7-11-8-12(17-2)4-5-13(11)15/h4-5,8-10,14,16H,3,6-7H2,1-2H3. The van der Waals surface area contributed by atoms with Gasteiger partial charge in [0.05, 0.1) is 13.2 Å². The molecular formula is C14H19BrO2. The number of rotatable bonds is 3. The number of hydrogen-bond donors (Lipinski definition) is 1. The van der Waals surface area contributed by atoms with Crippen LogP contribution in [0.5, 0.6) is 5.75 Å². The average Bonchev–Trinajstić information content (AvgIpc) is 2.64. The van der Waals surface area contributed by atoms with Crippen LogP contribution in [0.15, 0.2) is 22.7 Å². The predicted octanol–water partition coefficient (Wildman–Crippen LogP) is 3.41. The summed E-state index contributed by atoms with van der Waals surface area (Å²) >= 11 is 3.58. The Balaban J connectivity index is 2.13. The summed E-state index contributed by atoms with van der Waals surface area (Å²) in [7, 11) is 1.69. The number of hydrogen-bond acceptors (Lipinski definition) is 2. The highest BCUT2D eigenvalue weighted by Crippen LogP contribution is 2.36. The van der Waals surface area contributed by atoms with Gasteiger partial charge < -0.3 is 9.84 Å². The number of halogens is 1. The highest BCUT2D eigenvalue weighted by atomic mass is 79.9. The smallest absolute Gasteiger partial charge is 0.119 e. The number of methoxy groups -OCH3 is 1. The van der Waals surface area contributed by atoms with Crippen molar-refractivity contribution in [2.24, 2.45) is 11.8 Å². The Hall–Kier alpha value is -0.540. The van der Waals surface area contributed by atoms with Crippen molar-refractivity contribution in [1.82, 2.24) is 0 Å². The van der Waals surface area contributed by atoms with Crippen LogP contribution in [0.2, 0.25) is 0 Å². The molecule has 1 aliphatic carbocycles. The zero-order valence-electron chi connectivity index (χ0n) is 10.3. The van der Waals surface area contributed by atoms with Crippen LogP contribution in [0.4, 0.5) is 0 Å². The van der Waals surface area contributed by atoms with E-state index in [9.17, 15) is 5.11 Å². The van der Waals surface area contributed by atoms with E-state index in [0.29, 0.717) is 11.8 Å². The summed E-state index contributed by atoms with van der Waals surface area (Å²) in [6.07, 6.45) is 2.94. The summed E-state index contributed by atoms with van der Waals surface area (Å²) in [5.74, 6) is 1.87. The van der Waals surface area contributed by atoms with Gasteiger partial charge in [-0.25, -0.2) is 0 Å². The van der Waals surface area contributed by atoms with Crippen molar-refractivity contribution in [3.05, 3.63) is 28.2 Å². The normalized spacial score (nSPS) is 28.4. The van der Waals surface area contributed by atoms with Crippen LogP contribution in [-0.2, 0) is 6.42 Å². The molecule has 1 fully saturated rings. The first-order valence-corrected chi connectivity index (χ1v) is 6.91. The summed E-state index contributed by atoms with van der Waals surface area (Å²) < 4.78 is 6.38. The van der Waals surface area contributed by atoms with Crippen LogP contribution >= 0.6 is 15.9 Å². The fourth-order valence-electron chi connectivity index (χ4n) is 2.63. The summed E-state index contributed by atoms with van der Waals surface area (Å²) in [6, 6.07) is 6.08. The van der Waals surface area contributed by atoms with E-state index in [4.69, 9.17) is 4.74 Å². The van der Waals surface area contributed by atoms with E-state index in [1.165, 1.54) is 5.56 Å². The van der Waals surface area contributed by atoms with Crippen molar-refractivity contribution in [3.8, 4) is 5.75 Å². The predicted molar refractivity (Wildman–Crippen MR) is 72.3 cm³/mol. The van der Waals surface area contributed by atoms with E-state index in [1.807, 2.05) is 12.1 Å². The van der Waals surface area contributed by atoms with Gasteiger partial charge in [-0.3, -0.25) is 0 Å². The number of aliphatic hydroxyl groups excluding tert-OH is 1. The zero-order chi connectivity index (χ0) is 12.4. The molecule has 17 heavy (non-hydrogen) atoms. The van der Waals surface area contributed by atoms with Crippen LogP contribution in [0.25, 0.3) is 0 Å². The maximum atomic E-state index is 9.78. The first kappa shape index (κ1) is 12.9. The van der Waals surface area contributed by atoms with Gasteiger partial charge in [-0.05, 0) is 54.9 Å². The lowest BCUT2D eigenvalue weighted by Crippen LogP contribution is -2.17. The molecule has 0 amide bonds. The molecule has 3 atom stereocenters. The molecule has 94 valence electrons. The molecule has 0 bridgehead atoms. The van der Waals surface area contributed by atoms with Crippen molar-refractivity contribution in [3.63, 3.8) is 0 Å². The van der Waals surface area contributed by atoms with Gasteiger partial charge in [0, 0.05) is 4.47 Å². The minimum Gasteiger partial charge on any atom is -0.497 e. The SMILES string of the molecule is COc1ccc(Br)c(CC2CCC(O)C2C)c1. The summed E-state index contributed by atoms with van der Waals surface area (Å²) in [4.78, 5) is 0. The van der Waals surface area contributed by atoms with Gasteiger partial charge >= 0.3 is 0 Å². The highest BCUT2D eigenvalue weighted by Gasteiger charge is 2.31. The van der Waals surface area contributed by atoms with Crippen molar-refractivity contribution < 1.29 is 9.84 Å². The van der Waals surface area contributed by atoms with E-state index in [0.717, 1.165) is 29.5 Å². The zero-order valence-corrected chi connectivity index (χ0v) is 11.9. The third-order valence-corrected chi connectivity index (χ3v) is 4.69. The molecule has 3 heteroatoms. The number of benzene rings is 1. The van der Waals surface area contributed by atoms with E-state index < -0.39 is 0 Å². The summed E-state index contributed by atoms with van der Waals surface area (Å²) in [5.41, 5.74) is 1.27. The van der Waals surface area contributed by atoms with Gasteiger partial charge in [0.2, 0.25) is 0 Å². The fourth-order valence-corrected chi connectivity index (χ4v) is 3.04. The molecule has 2 nitrogen and oxygen atoms in total. The highest BCUT2D eigenvalue weighted by molar-refractivity contribution is 9.10. The maximum Gasteiger partial charge on any atom is 0.119 e. The molecule has 0 saturated heterocycles. The second-order valence-electron chi connectivity index (χ2n) is 4.93. The molecule has 0 radical (unpaired) electrons. The van der Waals surface area contributed by atoms with Gasteiger partial charge in [-0.2, -0.15) is 0 Å². The number of aliphatic hydroxyl groups is 1. The van der Waals surface area contributed by atoms with Gasteiger partial charge in [0.15, 0.2) is 0 Å². The Kier molecular flexibility index (Phi) is 4.10. The molecule has 2 rings (SSSR count). The van der Waals surface area contributed by atoms with Crippen LogP contribution < -0.4 is 4.74 Å². The Bertz CT molecular complexity index is 392. The lowest BCUT2D eigenvalue weighted by atomic mass is 9.90. The minimum atomic E-state index is -0.121. The third kappa shape index (κ3) is 2.83. The minimum absolute atomic E-state index is 0.121. The second-order valence-corrected chi connectivity index (χ2v) is 5.78. The lowest BCUT2D eigenvalue weighted by molar-refractivity contribution is 0.127. The monoisotopic (exact) mass is 298 g/mol. The molecule has 1 aromatic rings. The molecule has 3 unspecified atom stereocenters. The Morgan fingerprint density at radius 2 is 2.18 bits per heavy atom. The average molecular weight is 299 g/mol. The van der Waals surface area contributed by atoms with Crippen molar-refractivity contribution in [1.29, 1.82) is 0 Å². The molecule has 1 aromatic carbocycles. The largest absolute Gasteiger partial charge is 0.497 e. The van der Waals surface area contributed by atoms with E-state index in [-0.39, 0.29) is 6.10 Å². The summed E-state index contributed by atoms with van der Waals surface area (Å²) in [6.45, 7) is 2.15. The van der Waals surface area contributed by atoms with Crippen LogP contribution in [0.1, 0.15) is 25.3 Å². The van der Waals surface area contributed by atoms with Crippen LogP contribution in [-0.4, -0.2) is 18.3 Å². The fraction of sp³-hybridized carbons (Fsp3) is 0.571. The third-order valence-electron chi connectivity index (χ3n) is 3.92. The van der Waals surface area contributed by atoms with E-state index in [2.05, 4.69) is 28.9 Å². The Morgan fingerprint density at radius 1 is 1.41 bits per heavy atom. The van der Waals surface area contributed by atoms with Gasteiger partial charge in [0.25, 0.3) is 0 Å². The van der Waals surface area contributed by atoms with Crippen molar-refractivity contribution >= 4 is 15.9 Å². The van der Waals surface area contributed by atoms with E-state index >= 15 is 0 Å².